The van der Waals surface area contributed by atoms with Gasteiger partial charge in [-0.05, 0) is 52.0 Å². The van der Waals surface area contributed by atoms with Crippen LogP contribution in [0.1, 0.15) is 42.9 Å². The quantitative estimate of drug-likeness (QED) is 0.481. The Hall–Kier alpha value is -3.14. The molecule has 36 heavy (non-hydrogen) atoms. The van der Waals surface area contributed by atoms with Crippen LogP contribution in [-0.4, -0.2) is 52.5 Å². The van der Waals surface area contributed by atoms with Crippen LogP contribution in [0.15, 0.2) is 54.6 Å². The molecule has 2 N–H and O–H groups in total. The number of hydrogen-bond donors (Lipinski definition) is 2. The smallest absolute Gasteiger partial charge is 0.252 e. The van der Waals surface area contributed by atoms with Crippen LogP contribution in [0, 0.1) is 5.82 Å². The van der Waals surface area contributed by atoms with Crippen LogP contribution in [0.25, 0.3) is 11.3 Å². The van der Waals surface area contributed by atoms with Gasteiger partial charge in [0.1, 0.15) is 11.4 Å². The van der Waals surface area contributed by atoms with Crippen molar-refractivity contribution < 1.29 is 18.7 Å². The number of nitrogens with one attached hydrogen (secondary N) is 2. The highest BCUT2D eigenvalue weighted by Crippen LogP contribution is 2.33. The summed E-state index contributed by atoms with van der Waals surface area (Å²) in [6, 6.07) is 15.1. The highest BCUT2D eigenvalue weighted by molar-refractivity contribution is 7.16. The van der Waals surface area contributed by atoms with E-state index in [-0.39, 0.29) is 17.8 Å². The first-order valence-electron chi connectivity index (χ1n) is 11.9. The fourth-order valence-corrected chi connectivity index (χ4v) is 5.24. The summed E-state index contributed by atoms with van der Waals surface area (Å²) in [4.78, 5) is 33.9. The third kappa shape index (κ3) is 6.34. The van der Waals surface area contributed by atoms with Crippen molar-refractivity contribution in [3.05, 3.63) is 70.9 Å². The summed E-state index contributed by atoms with van der Waals surface area (Å²) in [6.45, 7) is 9.71. The third-order valence-electron chi connectivity index (χ3n) is 5.93. The van der Waals surface area contributed by atoms with Crippen LogP contribution >= 0.6 is 11.3 Å². The second-order valence-corrected chi connectivity index (χ2v) is 10.7. The van der Waals surface area contributed by atoms with Gasteiger partial charge in [0.05, 0.1) is 17.9 Å². The highest BCUT2D eigenvalue weighted by atomic mass is 32.1. The van der Waals surface area contributed by atoms with E-state index in [1.807, 2.05) is 30.3 Å². The molecule has 1 fully saturated rings. The fourth-order valence-electron chi connectivity index (χ4n) is 4.22. The van der Waals surface area contributed by atoms with Crippen molar-refractivity contribution in [1.29, 1.82) is 0 Å². The van der Waals surface area contributed by atoms with Gasteiger partial charge in [-0.15, -0.1) is 0 Å². The molecule has 190 valence electrons. The minimum Gasteiger partial charge on any atom is -0.373 e. The molecule has 0 spiro atoms. The fraction of sp³-hybridized carbons (Fsp3) is 0.370. The molecule has 1 aliphatic heterocycles. The summed E-state index contributed by atoms with van der Waals surface area (Å²) < 4.78 is 19.1. The predicted molar refractivity (Wildman–Crippen MR) is 139 cm³/mol. The molecule has 0 bridgehead atoms. The van der Waals surface area contributed by atoms with E-state index < -0.39 is 23.2 Å². The second-order valence-electron chi connectivity index (χ2n) is 9.65. The maximum atomic E-state index is 13.2. The normalized spacial score (nSPS) is 18.6. The first-order valence-corrected chi connectivity index (χ1v) is 12.7. The lowest BCUT2D eigenvalue weighted by molar-refractivity contribution is -0.120. The van der Waals surface area contributed by atoms with E-state index in [9.17, 15) is 14.0 Å². The number of anilines is 1. The Bertz CT molecular complexity index is 1200. The number of nitrogens with zero attached hydrogens (tertiary/aromatic N) is 2. The molecular weight excluding hydrogens is 479 g/mol. The molecule has 9 heteroatoms. The number of benzene rings is 2. The minimum atomic E-state index is -1.22. The Morgan fingerprint density at radius 2 is 1.72 bits per heavy atom. The Morgan fingerprint density at radius 1 is 1.08 bits per heavy atom. The number of thiazole rings is 1. The van der Waals surface area contributed by atoms with Gasteiger partial charge in [0.15, 0.2) is 5.13 Å². The number of amides is 2. The van der Waals surface area contributed by atoms with Gasteiger partial charge >= 0.3 is 0 Å². The largest absolute Gasteiger partial charge is 0.373 e. The molecule has 1 aromatic heterocycles. The molecule has 2 atom stereocenters. The van der Waals surface area contributed by atoms with Crippen LogP contribution in [0.5, 0.6) is 0 Å². The maximum absolute atomic E-state index is 13.2. The lowest BCUT2D eigenvalue weighted by Crippen LogP contribution is -2.52. The monoisotopic (exact) mass is 510 g/mol. The van der Waals surface area contributed by atoms with Crippen molar-refractivity contribution in [2.45, 2.75) is 52.0 Å². The summed E-state index contributed by atoms with van der Waals surface area (Å²) in [7, 11) is 0. The van der Waals surface area contributed by atoms with Gasteiger partial charge in [-0.25, -0.2) is 9.37 Å². The molecule has 2 amide bonds. The number of morpholine rings is 1. The first-order chi connectivity index (χ1) is 17.1. The van der Waals surface area contributed by atoms with Gasteiger partial charge in [0.2, 0.25) is 0 Å². The molecule has 2 unspecified atom stereocenters. The molecule has 1 aliphatic rings. The van der Waals surface area contributed by atoms with E-state index in [0.29, 0.717) is 11.7 Å². The molecule has 7 nitrogen and oxygen atoms in total. The Morgan fingerprint density at radius 3 is 2.36 bits per heavy atom. The van der Waals surface area contributed by atoms with Crippen molar-refractivity contribution in [1.82, 2.24) is 15.2 Å². The molecule has 1 saturated heterocycles. The average molecular weight is 511 g/mol. The minimum absolute atomic E-state index is 0.145. The zero-order valence-corrected chi connectivity index (χ0v) is 21.7. The number of ether oxygens (including phenoxy) is 1. The standard InChI is InChI=1S/C27H31FN4O3S/c1-17-14-32(15-18(2)35-17)16-22-23(19-8-6-5-7-9-19)29-26(36-22)30-25(34)27(3,4)31-24(33)20-10-12-21(28)13-11-20/h5-13,17-18H,14-16H2,1-4H3,(H,31,33)(H,29,30,34). The van der Waals surface area contributed by atoms with E-state index in [4.69, 9.17) is 9.72 Å². The van der Waals surface area contributed by atoms with Crippen molar-refractivity contribution in [3.8, 4) is 11.3 Å². The number of carbonyl (C=O) groups is 2. The van der Waals surface area contributed by atoms with Crippen LogP contribution in [-0.2, 0) is 16.1 Å². The molecule has 3 aromatic rings. The summed E-state index contributed by atoms with van der Waals surface area (Å²) in [5.74, 6) is -1.29. The Balaban J connectivity index is 1.52. The lowest BCUT2D eigenvalue weighted by atomic mass is 10.0. The van der Waals surface area contributed by atoms with Gasteiger partial charge in [-0.2, -0.15) is 0 Å². The number of aromatic nitrogens is 1. The molecule has 2 heterocycles. The van der Waals surface area contributed by atoms with Gasteiger partial charge in [0.25, 0.3) is 11.8 Å². The van der Waals surface area contributed by atoms with Crippen LogP contribution in [0.4, 0.5) is 9.52 Å². The number of rotatable bonds is 7. The molecule has 2 aromatic carbocycles. The van der Waals surface area contributed by atoms with Crippen LogP contribution in [0.3, 0.4) is 0 Å². The van der Waals surface area contributed by atoms with Gasteiger partial charge in [-0.1, -0.05) is 41.7 Å². The second kappa shape index (κ2) is 10.9. The lowest BCUT2D eigenvalue weighted by Gasteiger charge is -2.35. The van der Waals surface area contributed by atoms with Gasteiger partial charge in [0, 0.05) is 35.6 Å². The first kappa shape index (κ1) is 25.9. The van der Waals surface area contributed by atoms with Gasteiger partial charge in [-0.3, -0.25) is 19.8 Å². The van der Waals surface area contributed by atoms with E-state index in [1.165, 1.54) is 35.6 Å². The highest BCUT2D eigenvalue weighted by Gasteiger charge is 2.31. The van der Waals surface area contributed by atoms with Gasteiger partial charge < -0.3 is 10.1 Å². The summed E-state index contributed by atoms with van der Waals surface area (Å²) >= 11 is 1.43. The molecule has 0 saturated carbocycles. The topological polar surface area (TPSA) is 83.6 Å². The van der Waals surface area contributed by atoms with Crippen molar-refractivity contribution in [2.24, 2.45) is 0 Å². The van der Waals surface area contributed by atoms with Crippen LogP contribution in [0.2, 0.25) is 0 Å². The van der Waals surface area contributed by atoms with E-state index in [2.05, 4.69) is 29.4 Å². The number of halogens is 1. The molecular formula is C27H31FN4O3S. The van der Waals surface area contributed by atoms with Crippen molar-refractivity contribution in [2.75, 3.05) is 18.4 Å². The summed E-state index contributed by atoms with van der Waals surface area (Å²) in [5, 5.41) is 6.07. The molecule has 0 aliphatic carbocycles. The Kier molecular flexibility index (Phi) is 7.82. The van der Waals surface area contributed by atoms with E-state index >= 15 is 0 Å². The third-order valence-corrected chi connectivity index (χ3v) is 6.88. The average Bonchev–Trinajstić information content (AvgIpc) is 3.21. The summed E-state index contributed by atoms with van der Waals surface area (Å²) in [6.07, 6.45) is 0.290. The number of carbonyl (C=O) groups excluding carboxylic acids is 2. The SMILES string of the molecule is CC1CN(Cc2sc(NC(=O)C(C)(C)NC(=O)c3ccc(F)cc3)nc2-c2ccccc2)CC(C)O1. The summed E-state index contributed by atoms with van der Waals surface area (Å²) in [5.41, 5.74) is 0.853. The molecule has 4 rings (SSSR count). The number of hydrogen-bond acceptors (Lipinski definition) is 6. The van der Waals surface area contributed by atoms with E-state index in [1.54, 1.807) is 13.8 Å². The molecule has 0 radical (unpaired) electrons. The maximum Gasteiger partial charge on any atom is 0.252 e. The van der Waals surface area contributed by atoms with E-state index in [0.717, 1.165) is 29.2 Å². The zero-order chi connectivity index (χ0) is 25.9. The van der Waals surface area contributed by atoms with Crippen molar-refractivity contribution in [3.63, 3.8) is 0 Å². The van der Waals surface area contributed by atoms with Crippen LogP contribution < -0.4 is 10.6 Å². The Labute approximate surface area is 214 Å². The predicted octanol–water partition coefficient (Wildman–Crippen LogP) is 4.71. The van der Waals surface area contributed by atoms with Crippen molar-refractivity contribution >= 4 is 28.3 Å². The zero-order valence-electron chi connectivity index (χ0n) is 20.9.